The number of rotatable bonds is 5. The quantitative estimate of drug-likeness (QED) is 0.619. The Kier molecular flexibility index (Phi) is 5.25. The topological polar surface area (TPSA) is 29.1 Å². The highest BCUT2D eigenvalue weighted by atomic mass is 32.2. The zero-order chi connectivity index (χ0) is 18.1. The zero-order valence-electron chi connectivity index (χ0n) is 15.3. The molecule has 1 fully saturated rings. The molecule has 2 aromatic carbocycles. The Morgan fingerprint density at radius 1 is 1.12 bits per heavy atom. The number of thiophene rings is 1. The number of nitrogens with one attached hydrogen (secondary N) is 1. The Labute approximate surface area is 162 Å². The van der Waals surface area contributed by atoms with Gasteiger partial charge in [-0.1, -0.05) is 30.3 Å². The summed E-state index contributed by atoms with van der Waals surface area (Å²) in [6.07, 6.45) is 5.36. The molecule has 0 radical (unpaired) electrons. The van der Waals surface area contributed by atoms with Crippen LogP contribution in [0, 0.1) is 0 Å². The third-order valence-electron chi connectivity index (χ3n) is 5.58. The van der Waals surface area contributed by atoms with Crippen molar-refractivity contribution in [3.05, 3.63) is 65.0 Å². The number of fused-ring (bicyclic) bond motifs is 1. The molecule has 1 saturated carbocycles. The molecule has 0 spiro atoms. The van der Waals surface area contributed by atoms with Crippen LogP contribution in [0.3, 0.4) is 0 Å². The average Bonchev–Trinajstić information content (AvgIpc) is 3.28. The summed E-state index contributed by atoms with van der Waals surface area (Å²) >= 11 is 1.84. The van der Waals surface area contributed by atoms with E-state index < -0.39 is 10.8 Å². The zero-order valence-corrected chi connectivity index (χ0v) is 16.9. The lowest BCUT2D eigenvalue weighted by Gasteiger charge is -2.20. The van der Waals surface area contributed by atoms with Gasteiger partial charge in [0.2, 0.25) is 0 Å². The molecule has 26 heavy (non-hydrogen) atoms. The van der Waals surface area contributed by atoms with E-state index in [9.17, 15) is 4.21 Å². The van der Waals surface area contributed by atoms with Crippen LogP contribution in [-0.2, 0) is 10.8 Å². The van der Waals surface area contributed by atoms with Crippen LogP contribution < -0.4 is 5.32 Å². The van der Waals surface area contributed by atoms with Gasteiger partial charge in [0.15, 0.2) is 0 Å². The average molecular weight is 384 g/mol. The van der Waals surface area contributed by atoms with E-state index in [4.69, 9.17) is 0 Å². The summed E-state index contributed by atoms with van der Waals surface area (Å²) in [5.41, 5.74) is 2.81. The van der Waals surface area contributed by atoms with Crippen molar-refractivity contribution in [2.75, 3.05) is 6.26 Å². The molecule has 1 heterocycles. The van der Waals surface area contributed by atoms with Gasteiger partial charge in [-0.2, -0.15) is 0 Å². The molecule has 1 N–H and O–H groups in total. The van der Waals surface area contributed by atoms with Gasteiger partial charge in [0.1, 0.15) is 0 Å². The highest BCUT2D eigenvalue weighted by molar-refractivity contribution is 7.84. The fourth-order valence-electron chi connectivity index (χ4n) is 4.14. The van der Waals surface area contributed by atoms with E-state index >= 15 is 0 Å². The van der Waals surface area contributed by atoms with Gasteiger partial charge in [-0.3, -0.25) is 4.21 Å². The molecule has 4 heteroatoms. The largest absolute Gasteiger partial charge is 0.307 e. The van der Waals surface area contributed by atoms with E-state index in [1.54, 1.807) is 6.26 Å². The molecule has 2 nitrogen and oxygen atoms in total. The highest BCUT2D eigenvalue weighted by Crippen LogP contribution is 2.37. The van der Waals surface area contributed by atoms with Gasteiger partial charge in [0.05, 0.1) is 0 Å². The van der Waals surface area contributed by atoms with Gasteiger partial charge >= 0.3 is 0 Å². The summed E-state index contributed by atoms with van der Waals surface area (Å²) in [6.45, 7) is 2.28. The maximum Gasteiger partial charge on any atom is 0.0498 e. The summed E-state index contributed by atoms with van der Waals surface area (Å²) in [6, 6.07) is 18.0. The van der Waals surface area contributed by atoms with Crippen molar-refractivity contribution in [3.8, 4) is 0 Å². The second kappa shape index (κ2) is 7.63. The van der Waals surface area contributed by atoms with Crippen LogP contribution >= 0.6 is 11.3 Å². The van der Waals surface area contributed by atoms with E-state index in [2.05, 4.69) is 54.0 Å². The maximum absolute atomic E-state index is 11.6. The summed E-state index contributed by atoms with van der Waals surface area (Å²) in [5.74, 6) is 0.610. The number of benzene rings is 2. The Hall–Kier alpha value is -1.49. The van der Waals surface area contributed by atoms with Gasteiger partial charge in [0, 0.05) is 38.7 Å². The van der Waals surface area contributed by atoms with Crippen LogP contribution in [0.1, 0.15) is 49.3 Å². The standard InChI is InChI=1S/C22H25NOS2/c1-15(21-14-25-22-6-4-3-5-20(21)22)23-18-10-7-17(13-18)16-8-11-19(12-9-16)26(2)24/h3-6,8-9,11-12,14-15,17-18,23H,7,10,13H2,1-2H3/t15?,17-,18?,26?/m0/s1. The van der Waals surface area contributed by atoms with Crippen LogP contribution in [0.4, 0.5) is 0 Å². The van der Waals surface area contributed by atoms with Crippen LogP contribution in [0.2, 0.25) is 0 Å². The fraction of sp³-hybridized carbons (Fsp3) is 0.364. The minimum absolute atomic E-state index is 0.375. The molecule has 136 valence electrons. The summed E-state index contributed by atoms with van der Waals surface area (Å²) in [4.78, 5) is 0.916. The van der Waals surface area contributed by atoms with Crippen molar-refractivity contribution in [1.29, 1.82) is 0 Å². The van der Waals surface area contributed by atoms with Crippen molar-refractivity contribution in [2.45, 2.75) is 49.1 Å². The first kappa shape index (κ1) is 17.9. The molecule has 0 amide bonds. The number of hydrogen-bond donors (Lipinski definition) is 1. The summed E-state index contributed by atoms with van der Waals surface area (Å²) < 4.78 is 12.9. The molecule has 3 aromatic rings. The Morgan fingerprint density at radius 2 is 1.88 bits per heavy atom. The summed E-state index contributed by atoms with van der Waals surface area (Å²) in [5, 5.41) is 7.55. The predicted molar refractivity (Wildman–Crippen MR) is 113 cm³/mol. The van der Waals surface area contributed by atoms with Gasteiger partial charge in [-0.25, -0.2) is 0 Å². The van der Waals surface area contributed by atoms with Crippen molar-refractivity contribution >= 4 is 32.2 Å². The third kappa shape index (κ3) is 3.64. The molecular weight excluding hydrogens is 358 g/mol. The molecule has 0 aliphatic heterocycles. The number of hydrogen-bond acceptors (Lipinski definition) is 3. The van der Waals surface area contributed by atoms with Crippen molar-refractivity contribution in [1.82, 2.24) is 5.32 Å². The maximum atomic E-state index is 11.6. The Balaban J connectivity index is 1.41. The van der Waals surface area contributed by atoms with Gasteiger partial charge in [-0.05, 0) is 72.2 Å². The van der Waals surface area contributed by atoms with Crippen molar-refractivity contribution in [2.24, 2.45) is 0 Å². The predicted octanol–water partition coefficient (Wildman–Crippen LogP) is 5.63. The van der Waals surface area contributed by atoms with Crippen LogP contribution in [-0.4, -0.2) is 16.5 Å². The van der Waals surface area contributed by atoms with Crippen LogP contribution in [0.15, 0.2) is 58.8 Å². The lowest BCUT2D eigenvalue weighted by atomic mass is 9.97. The molecule has 0 saturated heterocycles. The van der Waals surface area contributed by atoms with Crippen LogP contribution in [0.25, 0.3) is 10.1 Å². The molecule has 1 aliphatic rings. The Morgan fingerprint density at radius 3 is 2.65 bits per heavy atom. The molecular formula is C22H25NOS2. The molecule has 1 aliphatic carbocycles. The second-order valence-corrected chi connectivity index (χ2v) is 9.60. The minimum Gasteiger partial charge on any atom is -0.307 e. The first-order chi connectivity index (χ1) is 12.6. The van der Waals surface area contributed by atoms with E-state index in [0.717, 1.165) is 4.90 Å². The first-order valence-electron chi connectivity index (χ1n) is 9.27. The Bertz CT molecular complexity index is 915. The third-order valence-corrected chi connectivity index (χ3v) is 7.50. The van der Waals surface area contributed by atoms with Gasteiger partial charge in [0.25, 0.3) is 0 Å². The van der Waals surface area contributed by atoms with Crippen molar-refractivity contribution < 1.29 is 4.21 Å². The fourth-order valence-corrected chi connectivity index (χ4v) is 5.72. The van der Waals surface area contributed by atoms with Crippen molar-refractivity contribution in [3.63, 3.8) is 0 Å². The molecule has 3 unspecified atom stereocenters. The van der Waals surface area contributed by atoms with Crippen LogP contribution in [0.5, 0.6) is 0 Å². The van der Waals surface area contributed by atoms with E-state index in [0.29, 0.717) is 18.0 Å². The lowest BCUT2D eigenvalue weighted by molar-refractivity contribution is 0.459. The highest BCUT2D eigenvalue weighted by Gasteiger charge is 2.27. The van der Waals surface area contributed by atoms with E-state index in [-0.39, 0.29) is 0 Å². The van der Waals surface area contributed by atoms with E-state index in [1.807, 2.05) is 23.5 Å². The monoisotopic (exact) mass is 383 g/mol. The van der Waals surface area contributed by atoms with E-state index in [1.165, 1.54) is 40.5 Å². The SMILES string of the molecule is CC(NC1CC[C@H](c2ccc(S(C)=O)cc2)C1)c1csc2ccccc12. The molecule has 4 atom stereocenters. The lowest BCUT2D eigenvalue weighted by Crippen LogP contribution is -2.29. The van der Waals surface area contributed by atoms with Gasteiger partial charge < -0.3 is 5.32 Å². The molecule has 0 bridgehead atoms. The smallest absolute Gasteiger partial charge is 0.0498 e. The molecule has 4 rings (SSSR count). The second-order valence-electron chi connectivity index (χ2n) is 7.31. The minimum atomic E-state index is -0.894. The first-order valence-corrected chi connectivity index (χ1v) is 11.7. The normalized spacial score (nSPS) is 22.5. The summed E-state index contributed by atoms with van der Waals surface area (Å²) in [7, 11) is -0.894. The molecule has 1 aromatic heterocycles. The van der Waals surface area contributed by atoms with Gasteiger partial charge in [-0.15, -0.1) is 11.3 Å².